The van der Waals surface area contributed by atoms with Gasteiger partial charge in [-0.25, -0.2) is 0 Å². The molecular formula is C12H17F3N2. The molecule has 1 N–H and O–H groups in total. The first-order valence-corrected chi connectivity index (χ1v) is 5.66. The Bertz CT molecular complexity index is 333. The van der Waals surface area contributed by atoms with Gasteiger partial charge in [0.1, 0.15) is 0 Å². The van der Waals surface area contributed by atoms with Crippen LogP contribution in [-0.4, -0.2) is 18.1 Å². The Labute approximate surface area is 99.3 Å². The van der Waals surface area contributed by atoms with Crippen molar-refractivity contribution in [2.45, 2.75) is 38.4 Å². The molecule has 1 aromatic rings. The van der Waals surface area contributed by atoms with Gasteiger partial charge in [0.2, 0.25) is 0 Å². The normalized spacial score (nSPS) is 13.7. The predicted molar refractivity (Wildman–Crippen MR) is 60.7 cm³/mol. The summed E-state index contributed by atoms with van der Waals surface area (Å²) >= 11 is 0. The van der Waals surface area contributed by atoms with Crippen LogP contribution in [0, 0.1) is 0 Å². The number of alkyl halides is 3. The van der Waals surface area contributed by atoms with Crippen molar-refractivity contribution in [1.29, 1.82) is 0 Å². The molecule has 1 heterocycles. The SMILES string of the molecule is CCCC(Cc1ccc(C(F)(F)F)cn1)NC. The van der Waals surface area contributed by atoms with Crippen LogP contribution >= 0.6 is 0 Å². The number of hydrogen-bond acceptors (Lipinski definition) is 2. The molecule has 1 atom stereocenters. The van der Waals surface area contributed by atoms with Crippen LogP contribution in [0.1, 0.15) is 31.0 Å². The van der Waals surface area contributed by atoms with Crippen LogP contribution in [0.5, 0.6) is 0 Å². The standard InChI is InChI=1S/C12H17F3N2/c1-3-4-10(16-2)7-11-6-5-9(8-17-11)12(13,14)15/h5-6,8,10,16H,3-4,7H2,1-2H3. The first kappa shape index (κ1) is 14.0. The highest BCUT2D eigenvalue weighted by Crippen LogP contribution is 2.28. The summed E-state index contributed by atoms with van der Waals surface area (Å²) in [6.45, 7) is 2.07. The van der Waals surface area contributed by atoms with E-state index in [-0.39, 0.29) is 6.04 Å². The Morgan fingerprint density at radius 2 is 2.06 bits per heavy atom. The van der Waals surface area contributed by atoms with Gasteiger partial charge in [-0.2, -0.15) is 13.2 Å². The number of rotatable bonds is 5. The lowest BCUT2D eigenvalue weighted by Crippen LogP contribution is -2.27. The minimum atomic E-state index is -4.31. The molecule has 0 aliphatic carbocycles. The Morgan fingerprint density at radius 1 is 1.35 bits per heavy atom. The summed E-state index contributed by atoms with van der Waals surface area (Å²) in [5.41, 5.74) is -0.0106. The highest BCUT2D eigenvalue weighted by Gasteiger charge is 2.30. The molecule has 2 nitrogen and oxygen atoms in total. The summed E-state index contributed by atoms with van der Waals surface area (Å²) in [7, 11) is 1.85. The van der Waals surface area contributed by atoms with Gasteiger partial charge >= 0.3 is 6.18 Å². The molecule has 5 heteroatoms. The highest BCUT2D eigenvalue weighted by molar-refractivity contribution is 5.17. The zero-order valence-corrected chi connectivity index (χ0v) is 10.0. The van der Waals surface area contributed by atoms with Crippen LogP contribution in [0.15, 0.2) is 18.3 Å². The van der Waals surface area contributed by atoms with Crippen LogP contribution in [0.3, 0.4) is 0 Å². The van der Waals surface area contributed by atoms with Crippen molar-refractivity contribution < 1.29 is 13.2 Å². The van der Waals surface area contributed by atoms with E-state index in [1.165, 1.54) is 6.07 Å². The zero-order valence-electron chi connectivity index (χ0n) is 10.0. The van der Waals surface area contributed by atoms with E-state index < -0.39 is 11.7 Å². The van der Waals surface area contributed by atoms with E-state index in [1.54, 1.807) is 0 Å². The average Bonchev–Trinajstić information content (AvgIpc) is 2.28. The van der Waals surface area contributed by atoms with E-state index in [4.69, 9.17) is 0 Å². The second kappa shape index (κ2) is 6.00. The number of nitrogens with one attached hydrogen (secondary N) is 1. The van der Waals surface area contributed by atoms with E-state index in [0.717, 1.165) is 25.1 Å². The molecule has 1 aromatic heterocycles. The zero-order chi connectivity index (χ0) is 12.9. The maximum absolute atomic E-state index is 12.3. The summed E-state index contributed by atoms with van der Waals surface area (Å²) in [6.07, 6.45) is -0.737. The minimum absolute atomic E-state index is 0.268. The number of pyridine rings is 1. The molecule has 0 saturated carbocycles. The summed E-state index contributed by atoms with van der Waals surface area (Å²) in [5, 5.41) is 3.13. The van der Waals surface area contributed by atoms with Crippen LogP contribution in [0.4, 0.5) is 13.2 Å². The van der Waals surface area contributed by atoms with Gasteiger partial charge in [-0.05, 0) is 25.6 Å². The quantitative estimate of drug-likeness (QED) is 0.863. The Balaban J connectivity index is 2.68. The number of halogens is 3. The molecule has 0 saturated heterocycles. The van der Waals surface area contributed by atoms with Crippen LogP contribution in [0.25, 0.3) is 0 Å². The first-order chi connectivity index (χ1) is 7.97. The largest absolute Gasteiger partial charge is 0.417 e. The van der Waals surface area contributed by atoms with Crippen LogP contribution in [0.2, 0.25) is 0 Å². The average molecular weight is 246 g/mol. The van der Waals surface area contributed by atoms with Crippen LogP contribution in [-0.2, 0) is 12.6 Å². The van der Waals surface area contributed by atoms with E-state index in [0.29, 0.717) is 12.1 Å². The van der Waals surface area contributed by atoms with Crippen molar-refractivity contribution >= 4 is 0 Å². The van der Waals surface area contributed by atoms with Gasteiger partial charge in [0.05, 0.1) is 5.56 Å². The van der Waals surface area contributed by atoms with Gasteiger partial charge < -0.3 is 5.32 Å². The van der Waals surface area contributed by atoms with Gasteiger partial charge in [-0.15, -0.1) is 0 Å². The summed E-state index contributed by atoms with van der Waals surface area (Å²) < 4.78 is 37.0. The number of nitrogens with zero attached hydrogens (tertiary/aromatic N) is 1. The summed E-state index contributed by atoms with van der Waals surface area (Å²) in [6, 6.07) is 2.80. The molecule has 1 unspecified atom stereocenters. The van der Waals surface area contributed by atoms with E-state index in [2.05, 4.69) is 17.2 Å². The van der Waals surface area contributed by atoms with E-state index in [9.17, 15) is 13.2 Å². The molecule has 0 aliphatic heterocycles. The van der Waals surface area contributed by atoms with Gasteiger partial charge in [-0.1, -0.05) is 13.3 Å². The van der Waals surface area contributed by atoms with Gasteiger partial charge in [0.25, 0.3) is 0 Å². The first-order valence-electron chi connectivity index (χ1n) is 5.66. The fourth-order valence-corrected chi connectivity index (χ4v) is 1.66. The Hall–Kier alpha value is -1.10. The van der Waals surface area contributed by atoms with Crippen molar-refractivity contribution in [1.82, 2.24) is 10.3 Å². The number of likely N-dealkylation sites (N-methyl/N-ethyl adjacent to an activating group) is 1. The molecule has 0 aromatic carbocycles. The molecule has 0 amide bonds. The van der Waals surface area contributed by atoms with E-state index in [1.807, 2.05) is 7.05 Å². The lowest BCUT2D eigenvalue weighted by Gasteiger charge is -2.14. The minimum Gasteiger partial charge on any atom is -0.317 e. The van der Waals surface area contributed by atoms with Crippen molar-refractivity contribution in [2.24, 2.45) is 0 Å². The maximum atomic E-state index is 12.3. The lowest BCUT2D eigenvalue weighted by molar-refractivity contribution is -0.137. The molecule has 17 heavy (non-hydrogen) atoms. The third-order valence-corrected chi connectivity index (χ3v) is 2.65. The topological polar surface area (TPSA) is 24.9 Å². The molecule has 0 fully saturated rings. The second-order valence-electron chi connectivity index (χ2n) is 4.01. The van der Waals surface area contributed by atoms with Crippen molar-refractivity contribution in [3.8, 4) is 0 Å². The van der Waals surface area contributed by atoms with Gasteiger partial charge in [0, 0.05) is 24.4 Å². The third-order valence-electron chi connectivity index (χ3n) is 2.65. The molecule has 0 spiro atoms. The van der Waals surface area contributed by atoms with E-state index >= 15 is 0 Å². The predicted octanol–water partition coefficient (Wildman–Crippen LogP) is 3.03. The molecule has 96 valence electrons. The Kier molecular flexibility index (Phi) is 4.93. The molecule has 0 radical (unpaired) electrons. The van der Waals surface area contributed by atoms with Crippen molar-refractivity contribution in [3.63, 3.8) is 0 Å². The molecule has 0 aliphatic rings. The fraction of sp³-hybridized carbons (Fsp3) is 0.583. The highest BCUT2D eigenvalue weighted by atomic mass is 19.4. The summed E-state index contributed by atoms with van der Waals surface area (Å²) in [4.78, 5) is 3.86. The fourth-order valence-electron chi connectivity index (χ4n) is 1.66. The second-order valence-corrected chi connectivity index (χ2v) is 4.01. The number of aromatic nitrogens is 1. The van der Waals surface area contributed by atoms with Crippen molar-refractivity contribution in [3.05, 3.63) is 29.6 Å². The van der Waals surface area contributed by atoms with Gasteiger partial charge in [0.15, 0.2) is 0 Å². The van der Waals surface area contributed by atoms with Gasteiger partial charge in [-0.3, -0.25) is 4.98 Å². The molecule has 0 bridgehead atoms. The smallest absolute Gasteiger partial charge is 0.317 e. The molecule has 1 rings (SSSR count). The Morgan fingerprint density at radius 3 is 2.47 bits per heavy atom. The van der Waals surface area contributed by atoms with Crippen molar-refractivity contribution in [2.75, 3.05) is 7.05 Å². The lowest BCUT2D eigenvalue weighted by atomic mass is 10.1. The maximum Gasteiger partial charge on any atom is 0.417 e. The number of hydrogen-bond donors (Lipinski definition) is 1. The molecular weight excluding hydrogens is 229 g/mol. The summed E-state index contributed by atoms with van der Waals surface area (Å²) in [5.74, 6) is 0. The van der Waals surface area contributed by atoms with Crippen LogP contribution < -0.4 is 5.32 Å². The third kappa shape index (κ3) is 4.34. The monoisotopic (exact) mass is 246 g/mol.